The summed E-state index contributed by atoms with van der Waals surface area (Å²) >= 11 is 7.76. The van der Waals surface area contributed by atoms with Crippen molar-refractivity contribution in [3.63, 3.8) is 0 Å². The molecular formula is C24H30ClN3O3S. The number of rotatable bonds is 8. The van der Waals surface area contributed by atoms with Crippen molar-refractivity contribution in [1.82, 2.24) is 5.32 Å². The highest BCUT2D eigenvalue weighted by atomic mass is 35.5. The number of benzene rings is 2. The van der Waals surface area contributed by atoms with Crippen molar-refractivity contribution in [2.75, 3.05) is 35.3 Å². The molecule has 2 aromatic carbocycles. The molecule has 3 unspecified atom stereocenters. The number of carbonyl (C=O) groups excluding carboxylic acids is 2. The molecule has 1 fully saturated rings. The van der Waals surface area contributed by atoms with E-state index >= 15 is 0 Å². The molecule has 3 atom stereocenters. The van der Waals surface area contributed by atoms with Crippen molar-refractivity contribution in [3.05, 3.63) is 59.1 Å². The zero-order valence-electron chi connectivity index (χ0n) is 18.6. The number of hydrogen-bond acceptors (Lipinski definition) is 5. The maximum Gasteiger partial charge on any atom is 0.253 e. The van der Waals surface area contributed by atoms with Gasteiger partial charge in [0.25, 0.3) is 5.91 Å². The maximum atomic E-state index is 12.9. The molecule has 0 aromatic heterocycles. The third kappa shape index (κ3) is 6.64. The largest absolute Gasteiger partial charge is 0.372 e. The average Bonchev–Trinajstić information content (AvgIpc) is 2.76. The zero-order chi connectivity index (χ0) is 23.1. The van der Waals surface area contributed by atoms with Crippen LogP contribution >= 0.6 is 23.4 Å². The van der Waals surface area contributed by atoms with E-state index in [0.29, 0.717) is 22.7 Å². The highest BCUT2D eigenvalue weighted by molar-refractivity contribution is 7.98. The Labute approximate surface area is 199 Å². The molecule has 1 heterocycles. The first-order chi connectivity index (χ1) is 15.4. The van der Waals surface area contributed by atoms with Crippen LogP contribution < -0.4 is 15.5 Å². The fraction of sp³-hybridized carbons (Fsp3) is 0.417. The Morgan fingerprint density at radius 1 is 1.12 bits per heavy atom. The van der Waals surface area contributed by atoms with Crippen molar-refractivity contribution in [1.29, 1.82) is 0 Å². The second-order valence-electron chi connectivity index (χ2n) is 7.99. The molecule has 2 amide bonds. The Kier molecular flexibility index (Phi) is 8.84. The van der Waals surface area contributed by atoms with Crippen LogP contribution in [0.2, 0.25) is 5.02 Å². The molecular weight excluding hydrogens is 446 g/mol. The quantitative estimate of drug-likeness (QED) is 0.590. The average molecular weight is 476 g/mol. The molecule has 6 nitrogen and oxygen atoms in total. The Balaban J connectivity index is 1.65. The molecule has 1 aliphatic rings. The van der Waals surface area contributed by atoms with Crippen molar-refractivity contribution < 1.29 is 14.3 Å². The highest BCUT2D eigenvalue weighted by Gasteiger charge is 2.24. The SMILES string of the molecule is CSCCC(NC(=O)c1ccccc1Cl)C(=O)Nc1ccc(N2CC(C)OC(C)C2)cc1. The van der Waals surface area contributed by atoms with Gasteiger partial charge < -0.3 is 20.3 Å². The molecule has 2 aromatic rings. The summed E-state index contributed by atoms with van der Waals surface area (Å²) in [5.74, 6) is 0.135. The van der Waals surface area contributed by atoms with Crippen LogP contribution in [0.15, 0.2) is 48.5 Å². The molecule has 0 aliphatic carbocycles. The molecule has 2 N–H and O–H groups in total. The number of morpholine rings is 1. The molecule has 0 radical (unpaired) electrons. The van der Waals surface area contributed by atoms with Crippen LogP contribution in [0.1, 0.15) is 30.6 Å². The Bertz CT molecular complexity index is 915. The summed E-state index contributed by atoms with van der Waals surface area (Å²) in [4.78, 5) is 27.9. The lowest BCUT2D eigenvalue weighted by atomic mass is 10.1. The van der Waals surface area contributed by atoms with Crippen LogP contribution in [-0.2, 0) is 9.53 Å². The zero-order valence-corrected chi connectivity index (χ0v) is 20.2. The minimum Gasteiger partial charge on any atom is -0.372 e. The Morgan fingerprint density at radius 2 is 1.78 bits per heavy atom. The highest BCUT2D eigenvalue weighted by Crippen LogP contribution is 2.23. The molecule has 32 heavy (non-hydrogen) atoms. The predicted octanol–water partition coefficient (Wildman–Crippen LogP) is 4.44. The van der Waals surface area contributed by atoms with Crippen molar-refractivity contribution in [2.24, 2.45) is 0 Å². The number of thioether (sulfide) groups is 1. The van der Waals surface area contributed by atoms with Gasteiger partial charge in [-0.3, -0.25) is 9.59 Å². The summed E-state index contributed by atoms with van der Waals surface area (Å²) in [5.41, 5.74) is 2.14. The van der Waals surface area contributed by atoms with Gasteiger partial charge in [-0.2, -0.15) is 11.8 Å². The van der Waals surface area contributed by atoms with Gasteiger partial charge >= 0.3 is 0 Å². The summed E-state index contributed by atoms with van der Waals surface area (Å²) in [5, 5.41) is 6.12. The lowest BCUT2D eigenvalue weighted by molar-refractivity contribution is -0.118. The number of carbonyl (C=O) groups is 2. The van der Waals surface area contributed by atoms with Gasteiger partial charge in [0.1, 0.15) is 6.04 Å². The molecule has 8 heteroatoms. The molecule has 0 saturated carbocycles. The van der Waals surface area contributed by atoms with E-state index in [4.69, 9.17) is 16.3 Å². The van der Waals surface area contributed by atoms with E-state index < -0.39 is 6.04 Å². The van der Waals surface area contributed by atoms with Gasteiger partial charge in [-0.25, -0.2) is 0 Å². The van der Waals surface area contributed by atoms with E-state index in [1.165, 1.54) is 0 Å². The van der Waals surface area contributed by atoms with Gasteiger partial charge in [0, 0.05) is 24.5 Å². The lowest BCUT2D eigenvalue weighted by Crippen LogP contribution is -2.45. The predicted molar refractivity (Wildman–Crippen MR) is 133 cm³/mol. The second-order valence-corrected chi connectivity index (χ2v) is 9.38. The number of nitrogens with one attached hydrogen (secondary N) is 2. The number of nitrogens with zero attached hydrogens (tertiary/aromatic N) is 1. The summed E-state index contributed by atoms with van der Waals surface area (Å²) in [7, 11) is 0. The number of amides is 2. The van der Waals surface area contributed by atoms with Crippen LogP contribution in [0.3, 0.4) is 0 Å². The first-order valence-electron chi connectivity index (χ1n) is 10.7. The molecule has 3 rings (SSSR count). The number of hydrogen-bond donors (Lipinski definition) is 2. The van der Waals surface area contributed by atoms with E-state index in [-0.39, 0.29) is 24.0 Å². The topological polar surface area (TPSA) is 70.7 Å². The number of halogens is 1. The minimum absolute atomic E-state index is 0.178. The molecule has 0 bridgehead atoms. The van der Waals surface area contributed by atoms with E-state index in [2.05, 4.69) is 29.4 Å². The fourth-order valence-electron chi connectivity index (χ4n) is 3.76. The monoisotopic (exact) mass is 475 g/mol. The molecule has 1 saturated heterocycles. The summed E-state index contributed by atoms with van der Waals surface area (Å²) < 4.78 is 5.80. The third-order valence-electron chi connectivity index (χ3n) is 5.27. The van der Waals surface area contributed by atoms with E-state index in [1.54, 1.807) is 36.0 Å². The van der Waals surface area contributed by atoms with Crippen LogP contribution in [0.25, 0.3) is 0 Å². The molecule has 1 aliphatic heterocycles. The fourth-order valence-corrected chi connectivity index (χ4v) is 4.45. The van der Waals surface area contributed by atoms with Crippen molar-refractivity contribution in [2.45, 2.75) is 38.5 Å². The lowest BCUT2D eigenvalue weighted by Gasteiger charge is -2.36. The van der Waals surface area contributed by atoms with E-state index in [9.17, 15) is 9.59 Å². The van der Waals surface area contributed by atoms with Crippen LogP contribution in [0.4, 0.5) is 11.4 Å². The van der Waals surface area contributed by atoms with Crippen LogP contribution in [-0.4, -0.2) is 55.2 Å². The number of anilines is 2. The number of ether oxygens (including phenoxy) is 1. The summed E-state index contributed by atoms with van der Waals surface area (Å²) in [6, 6.07) is 13.9. The summed E-state index contributed by atoms with van der Waals surface area (Å²) in [6.07, 6.45) is 2.84. The molecule has 172 valence electrons. The first kappa shape index (κ1) is 24.4. The minimum atomic E-state index is -0.660. The van der Waals surface area contributed by atoms with Crippen molar-refractivity contribution in [3.8, 4) is 0 Å². The summed E-state index contributed by atoms with van der Waals surface area (Å²) in [6.45, 7) is 5.81. The van der Waals surface area contributed by atoms with Gasteiger partial charge in [0.2, 0.25) is 5.91 Å². The smallest absolute Gasteiger partial charge is 0.253 e. The van der Waals surface area contributed by atoms with Gasteiger partial charge in [-0.1, -0.05) is 23.7 Å². The van der Waals surface area contributed by atoms with Gasteiger partial charge in [0.15, 0.2) is 0 Å². The first-order valence-corrected chi connectivity index (χ1v) is 12.5. The Hall–Kier alpha value is -2.22. The normalized spacial score (nSPS) is 19.3. The molecule has 0 spiro atoms. The van der Waals surface area contributed by atoms with Gasteiger partial charge in [-0.05, 0) is 68.7 Å². The van der Waals surface area contributed by atoms with E-state index in [1.807, 2.05) is 30.5 Å². The van der Waals surface area contributed by atoms with E-state index in [0.717, 1.165) is 24.5 Å². The van der Waals surface area contributed by atoms with Gasteiger partial charge in [0.05, 0.1) is 22.8 Å². The maximum absolute atomic E-state index is 12.9. The Morgan fingerprint density at radius 3 is 2.41 bits per heavy atom. The third-order valence-corrected chi connectivity index (χ3v) is 6.24. The standard InChI is InChI=1S/C24H30ClN3O3S/c1-16-14-28(15-17(2)31-16)19-10-8-18(9-11-19)26-24(30)22(12-13-32-3)27-23(29)20-6-4-5-7-21(20)25/h4-11,16-17,22H,12-15H2,1-3H3,(H,26,30)(H,27,29). The van der Waals surface area contributed by atoms with Gasteiger partial charge in [-0.15, -0.1) is 0 Å². The van der Waals surface area contributed by atoms with Crippen LogP contribution in [0, 0.1) is 0 Å². The van der Waals surface area contributed by atoms with Crippen LogP contribution in [0.5, 0.6) is 0 Å². The van der Waals surface area contributed by atoms with Crippen molar-refractivity contribution >= 4 is 46.6 Å². The second kappa shape index (κ2) is 11.6.